The minimum atomic E-state index is 0.656. The zero-order chi connectivity index (χ0) is 11.4. The number of hydrogen-bond acceptors (Lipinski definition) is 2. The van der Waals surface area contributed by atoms with Crippen molar-refractivity contribution in [3.8, 4) is 5.75 Å². The molecule has 0 aromatic carbocycles. The molecule has 2 nitrogen and oxygen atoms in total. The van der Waals surface area contributed by atoms with Gasteiger partial charge in [0.25, 0.3) is 0 Å². The highest BCUT2D eigenvalue weighted by Gasteiger charge is 2.26. The van der Waals surface area contributed by atoms with Crippen LogP contribution in [-0.4, -0.2) is 12.1 Å². The van der Waals surface area contributed by atoms with Gasteiger partial charge in [-0.2, -0.15) is 0 Å². The summed E-state index contributed by atoms with van der Waals surface area (Å²) in [6.07, 6.45) is 8.52. The molecule has 0 amide bonds. The highest BCUT2D eigenvalue weighted by molar-refractivity contribution is 5.21. The normalized spacial score (nSPS) is 17.1. The Balaban J connectivity index is 2.03. The van der Waals surface area contributed by atoms with Crippen molar-refractivity contribution < 1.29 is 4.74 Å². The van der Waals surface area contributed by atoms with Crippen molar-refractivity contribution in [3.63, 3.8) is 0 Å². The summed E-state index contributed by atoms with van der Waals surface area (Å²) in [4.78, 5) is 4.52. The van der Waals surface area contributed by atoms with E-state index in [1.54, 1.807) is 7.11 Å². The molecular weight excluding hydrogens is 198 g/mol. The van der Waals surface area contributed by atoms with Gasteiger partial charge in [-0.1, -0.05) is 26.2 Å². The predicted octanol–water partition coefficient (Wildman–Crippen LogP) is 3.77. The molecule has 0 radical (unpaired) electrons. The van der Waals surface area contributed by atoms with Crippen molar-refractivity contribution in [2.75, 3.05) is 7.11 Å². The number of methoxy groups -OCH3 is 1. The molecule has 1 saturated carbocycles. The first-order valence-electron chi connectivity index (χ1n) is 6.33. The Labute approximate surface area is 98.0 Å². The average Bonchev–Trinajstić information content (AvgIpc) is 3.13. The lowest BCUT2D eigenvalue weighted by Crippen LogP contribution is -2.02. The molecule has 0 saturated heterocycles. The van der Waals surface area contributed by atoms with Crippen molar-refractivity contribution in [2.24, 2.45) is 5.92 Å². The van der Waals surface area contributed by atoms with Crippen molar-refractivity contribution >= 4 is 0 Å². The fourth-order valence-electron chi connectivity index (χ4n) is 2.24. The maximum atomic E-state index is 5.14. The molecule has 88 valence electrons. The third-order valence-electron chi connectivity index (χ3n) is 3.37. The summed E-state index contributed by atoms with van der Waals surface area (Å²) in [5, 5.41) is 0. The van der Waals surface area contributed by atoms with Crippen LogP contribution in [0.25, 0.3) is 0 Å². The van der Waals surface area contributed by atoms with Gasteiger partial charge in [0.05, 0.1) is 13.3 Å². The summed E-state index contributed by atoms with van der Waals surface area (Å²) in [5.41, 5.74) is 1.24. The van der Waals surface area contributed by atoms with Crippen LogP contribution in [0.3, 0.4) is 0 Å². The van der Waals surface area contributed by atoms with Gasteiger partial charge in [-0.05, 0) is 30.9 Å². The Morgan fingerprint density at radius 2 is 2.25 bits per heavy atom. The number of hydrogen-bond donors (Lipinski definition) is 0. The van der Waals surface area contributed by atoms with Gasteiger partial charge in [-0.3, -0.25) is 4.98 Å². The molecule has 1 unspecified atom stereocenters. The zero-order valence-electron chi connectivity index (χ0n) is 10.3. The summed E-state index contributed by atoms with van der Waals surface area (Å²) in [7, 11) is 1.68. The van der Waals surface area contributed by atoms with Crippen LogP contribution in [0.4, 0.5) is 0 Å². The van der Waals surface area contributed by atoms with E-state index in [4.69, 9.17) is 4.74 Å². The second-order valence-electron chi connectivity index (χ2n) is 4.79. The molecule has 0 N–H and O–H groups in total. The number of rotatable bonds is 6. The van der Waals surface area contributed by atoms with Gasteiger partial charge >= 0.3 is 0 Å². The van der Waals surface area contributed by atoms with E-state index in [0.717, 1.165) is 11.7 Å². The lowest BCUT2D eigenvalue weighted by molar-refractivity contribution is 0.411. The van der Waals surface area contributed by atoms with Gasteiger partial charge in [0.15, 0.2) is 0 Å². The molecule has 2 rings (SSSR count). The second kappa shape index (κ2) is 5.33. The molecule has 0 aliphatic heterocycles. The fourth-order valence-corrected chi connectivity index (χ4v) is 2.24. The van der Waals surface area contributed by atoms with E-state index >= 15 is 0 Å². The van der Waals surface area contributed by atoms with Crippen molar-refractivity contribution in [1.82, 2.24) is 4.98 Å². The molecule has 0 bridgehead atoms. The van der Waals surface area contributed by atoms with E-state index in [2.05, 4.69) is 18.0 Å². The molecule has 1 aliphatic carbocycles. The first kappa shape index (κ1) is 11.4. The Bertz CT molecular complexity index is 316. The lowest BCUT2D eigenvalue weighted by atomic mass is 9.93. The summed E-state index contributed by atoms with van der Waals surface area (Å²) >= 11 is 0. The quantitative estimate of drug-likeness (QED) is 0.726. The summed E-state index contributed by atoms with van der Waals surface area (Å²) in [6.45, 7) is 2.25. The third kappa shape index (κ3) is 2.97. The summed E-state index contributed by atoms with van der Waals surface area (Å²) < 4.78 is 5.14. The molecule has 1 aromatic heterocycles. The van der Waals surface area contributed by atoms with Crippen molar-refractivity contribution in [2.45, 2.75) is 44.9 Å². The molecule has 2 heteroatoms. The monoisotopic (exact) mass is 219 g/mol. The maximum absolute atomic E-state index is 5.14. The Kier molecular flexibility index (Phi) is 3.81. The van der Waals surface area contributed by atoms with E-state index in [9.17, 15) is 0 Å². The fraction of sp³-hybridized carbons (Fsp3) is 0.643. The van der Waals surface area contributed by atoms with Gasteiger partial charge in [0.2, 0.25) is 0 Å². The first-order chi connectivity index (χ1) is 7.83. The zero-order valence-corrected chi connectivity index (χ0v) is 10.3. The Morgan fingerprint density at radius 3 is 2.75 bits per heavy atom. The molecule has 1 fully saturated rings. The maximum Gasteiger partial charge on any atom is 0.137 e. The van der Waals surface area contributed by atoms with Gasteiger partial charge in [-0.15, -0.1) is 0 Å². The molecule has 1 heterocycles. The molecule has 0 spiro atoms. The number of aromatic nitrogens is 1. The Morgan fingerprint density at radius 1 is 1.44 bits per heavy atom. The Hall–Kier alpha value is -1.05. The average molecular weight is 219 g/mol. The van der Waals surface area contributed by atoms with Crippen LogP contribution in [0.5, 0.6) is 5.75 Å². The predicted molar refractivity (Wildman–Crippen MR) is 65.8 cm³/mol. The van der Waals surface area contributed by atoms with E-state index in [1.165, 1.54) is 37.8 Å². The molecular formula is C14H21NO. The smallest absolute Gasteiger partial charge is 0.137 e. The molecule has 1 aromatic rings. The minimum absolute atomic E-state index is 0.656. The standard InChI is InChI=1S/C14H21NO/c1-3-4-12(9-11-5-6-11)14-8-7-13(16-2)10-15-14/h7-8,10-12H,3-6,9H2,1-2H3. The largest absolute Gasteiger partial charge is 0.495 e. The summed E-state index contributed by atoms with van der Waals surface area (Å²) in [5.74, 6) is 2.48. The van der Waals surface area contributed by atoms with E-state index in [1.807, 2.05) is 12.3 Å². The van der Waals surface area contributed by atoms with E-state index in [-0.39, 0.29) is 0 Å². The van der Waals surface area contributed by atoms with E-state index < -0.39 is 0 Å². The topological polar surface area (TPSA) is 22.1 Å². The van der Waals surface area contributed by atoms with Gasteiger partial charge in [0, 0.05) is 11.6 Å². The lowest BCUT2D eigenvalue weighted by Gasteiger charge is -2.15. The highest BCUT2D eigenvalue weighted by Crippen LogP contribution is 2.40. The van der Waals surface area contributed by atoms with Crippen LogP contribution in [0.15, 0.2) is 18.3 Å². The van der Waals surface area contributed by atoms with Crippen molar-refractivity contribution in [1.29, 1.82) is 0 Å². The minimum Gasteiger partial charge on any atom is -0.495 e. The number of ether oxygens (including phenoxy) is 1. The molecule has 1 atom stereocenters. The SMILES string of the molecule is CCCC(CC1CC1)c1ccc(OC)cn1. The van der Waals surface area contributed by atoms with Gasteiger partial charge in [0.1, 0.15) is 5.75 Å². The van der Waals surface area contributed by atoms with Crippen LogP contribution in [0, 0.1) is 5.92 Å². The first-order valence-corrected chi connectivity index (χ1v) is 6.33. The van der Waals surface area contributed by atoms with Crippen LogP contribution in [-0.2, 0) is 0 Å². The number of nitrogens with zero attached hydrogens (tertiary/aromatic N) is 1. The van der Waals surface area contributed by atoms with Crippen LogP contribution >= 0.6 is 0 Å². The second-order valence-corrected chi connectivity index (χ2v) is 4.79. The third-order valence-corrected chi connectivity index (χ3v) is 3.37. The number of pyridine rings is 1. The van der Waals surface area contributed by atoms with Gasteiger partial charge in [-0.25, -0.2) is 0 Å². The molecule has 1 aliphatic rings. The van der Waals surface area contributed by atoms with Crippen LogP contribution in [0.1, 0.15) is 50.6 Å². The van der Waals surface area contributed by atoms with Crippen molar-refractivity contribution in [3.05, 3.63) is 24.0 Å². The van der Waals surface area contributed by atoms with Gasteiger partial charge < -0.3 is 4.74 Å². The van der Waals surface area contributed by atoms with Crippen LogP contribution in [0.2, 0.25) is 0 Å². The van der Waals surface area contributed by atoms with Crippen LogP contribution < -0.4 is 4.74 Å². The molecule has 16 heavy (non-hydrogen) atoms. The van der Waals surface area contributed by atoms with E-state index in [0.29, 0.717) is 5.92 Å². The highest BCUT2D eigenvalue weighted by atomic mass is 16.5. The summed E-state index contributed by atoms with van der Waals surface area (Å²) in [6, 6.07) is 4.15.